The van der Waals surface area contributed by atoms with Crippen molar-refractivity contribution < 1.29 is 13.0 Å². The van der Waals surface area contributed by atoms with Crippen molar-refractivity contribution in [2.24, 2.45) is 0 Å². The molecule has 2 aliphatic heterocycles. The summed E-state index contributed by atoms with van der Waals surface area (Å²) in [5.41, 5.74) is 9.01. The Morgan fingerprint density at radius 3 is 2.16 bits per heavy atom. The van der Waals surface area contributed by atoms with Gasteiger partial charge in [0.05, 0.1) is 15.2 Å². The molecule has 5 heteroatoms. The van der Waals surface area contributed by atoms with Gasteiger partial charge < -0.3 is 4.90 Å². The third-order valence-corrected chi connectivity index (χ3v) is 12.7. The van der Waals surface area contributed by atoms with Gasteiger partial charge in [-0.2, -0.15) is 4.58 Å². The topological polar surface area (TPSA) is 40.4 Å². The van der Waals surface area contributed by atoms with E-state index < -0.39 is 9.84 Å². The number of nitrogens with zero attached hydrogens (tertiary/aromatic N) is 2. The molecule has 0 aromatic heterocycles. The molecule has 0 unspecified atom stereocenters. The van der Waals surface area contributed by atoms with Gasteiger partial charge in [-0.05, 0) is 80.5 Å². The lowest BCUT2D eigenvalue weighted by Crippen LogP contribution is -2.28. The number of hydrogen-bond donors (Lipinski definition) is 0. The van der Waals surface area contributed by atoms with Gasteiger partial charge in [-0.1, -0.05) is 107 Å². The molecule has 3 aromatic rings. The summed E-state index contributed by atoms with van der Waals surface area (Å²) in [6.07, 6.45) is 15.5. The molecule has 0 amide bonds. The van der Waals surface area contributed by atoms with E-state index in [1.54, 1.807) is 12.1 Å². The molecule has 0 saturated carbocycles. The summed E-state index contributed by atoms with van der Waals surface area (Å²) in [6, 6.07) is 26.4. The molecule has 3 aromatic carbocycles. The minimum Gasteiger partial charge on any atom is -0.344 e. The van der Waals surface area contributed by atoms with Crippen LogP contribution in [-0.2, 0) is 20.7 Å². The third kappa shape index (κ3) is 6.43. The number of fused-ring (bicyclic) bond motifs is 2. The minimum atomic E-state index is -3.78. The maximum atomic E-state index is 14.6. The van der Waals surface area contributed by atoms with E-state index in [0.717, 1.165) is 69.2 Å². The number of allylic oxidation sites excluding steroid dienone is 7. The predicted octanol–water partition coefficient (Wildman–Crippen LogP) is 10.7. The molecule has 0 N–H and O–H groups in total. The lowest BCUT2D eigenvalue weighted by atomic mass is 9.81. The normalized spacial score (nSPS) is 20.2. The Bertz CT molecular complexity index is 1970. The first-order valence-electron chi connectivity index (χ1n) is 18.3. The molecule has 6 rings (SSSR count). The number of rotatable bonds is 11. The van der Waals surface area contributed by atoms with E-state index in [0.29, 0.717) is 9.80 Å². The molecule has 256 valence electrons. The van der Waals surface area contributed by atoms with Crippen LogP contribution in [0.2, 0.25) is 0 Å². The molecule has 1 aliphatic carbocycles. The molecule has 0 radical (unpaired) electrons. The standard InChI is InChI=1S/C44H53N2O2S/c1-7-9-31-45-38-25-16-14-23-36(38)43(3,4)40(45)29-27-33-19-18-20-34(42(33)49(47,48)35-21-12-11-13-22-35)28-30-41-44(5,6)37-24-15-17-26-39(37)46(41)32-10-8-2/h11-17,21-30H,7-10,18-20,31-32H2,1-6H3/q+1. The summed E-state index contributed by atoms with van der Waals surface area (Å²) >= 11 is 0. The van der Waals surface area contributed by atoms with Gasteiger partial charge in [-0.15, -0.1) is 0 Å². The van der Waals surface area contributed by atoms with Crippen LogP contribution in [0, 0.1) is 0 Å². The summed E-state index contributed by atoms with van der Waals surface area (Å²) in [6.45, 7) is 15.5. The number of para-hydroxylation sites is 2. The number of unbranched alkanes of at least 4 members (excludes halogenated alkanes) is 2. The number of anilines is 1. The van der Waals surface area contributed by atoms with Crippen molar-refractivity contribution in [1.82, 2.24) is 0 Å². The number of hydrogen-bond acceptors (Lipinski definition) is 3. The smallest absolute Gasteiger partial charge is 0.209 e. The van der Waals surface area contributed by atoms with Crippen molar-refractivity contribution in [2.45, 2.75) is 102 Å². The minimum absolute atomic E-state index is 0.192. The van der Waals surface area contributed by atoms with Gasteiger partial charge in [0.25, 0.3) is 0 Å². The highest BCUT2D eigenvalue weighted by molar-refractivity contribution is 7.95. The Labute approximate surface area is 295 Å². The van der Waals surface area contributed by atoms with Gasteiger partial charge >= 0.3 is 0 Å². The zero-order valence-electron chi connectivity index (χ0n) is 30.3. The van der Waals surface area contributed by atoms with Crippen LogP contribution in [0.1, 0.15) is 97.6 Å². The number of benzene rings is 3. The fourth-order valence-corrected chi connectivity index (χ4v) is 9.82. The molecule has 0 fully saturated rings. The Morgan fingerprint density at radius 1 is 0.755 bits per heavy atom. The van der Waals surface area contributed by atoms with Gasteiger partial charge in [0.15, 0.2) is 5.71 Å². The highest BCUT2D eigenvalue weighted by Gasteiger charge is 2.44. The Morgan fingerprint density at radius 2 is 1.43 bits per heavy atom. The summed E-state index contributed by atoms with van der Waals surface area (Å²) in [5, 5.41) is 0. The molecule has 2 heterocycles. The average molecular weight is 674 g/mol. The molecule has 0 spiro atoms. The van der Waals surface area contributed by atoms with Crippen molar-refractivity contribution in [3.05, 3.63) is 136 Å². The van der Waals surface area contributed by atoms with E-state index in [1.165, 1.54) is 33.9 Å². The Hall–Kier alpha value is -3.96. The fourth-order valence-electron chi connectivity index (χ4n) is 8.04. The summed E-state index contributed by atoms with van der Waals surface area (Å²) in [5.74, 6) is 0. The number of sulfone groups is 1. The van der Waals surface area contributed by atoms with Crippen LogP contribution in [0.4, 0.5) is 11.4 Å². The Balaban J connectivity index is 1.50. The molecule has 3 aliphatic rings. The van der Waals surface area contributed by atoms with Crippen molar-refractivity contribution in [1.29, 1.82) is 0 Å². The zero-order valence-corrected chi connectivity index (χ0v) is 31.1. The van der Waals surface area contributed by atoms with E-state index in [1.807, 2.05) is 18.2 Å². The van der Waals surface area contributed by atoms with E-state index in [-0.39, 0.29) is 10.8 Å². The lowest BCUT2D eigenvalue weighted by Gasteiger charge is -2.27. The molecule has 49 heavy (non-hydrogen) atoms. The van der Waals surface area contributed by atoms with Crippen molar-refractivity contribution in [3.8, 4) is 0 Å². The van der Waals surface area contributed by atoms with Gasteiger partial charge in [0.2, 0.25) is 15.5 Å². The summed E-state index contributed by atoms with van der Waals surface area (Å²) in [4.78, 5) is 3.27. The largest absolute Gasteiger partial charge is 0.344 e. The van der Waals surface area contributed by atoms with Crippen LogP contribution in [-0.4, -0.2) is 31.8 Å². The van der Waals surface area contributed by atoms with Gasteiger partial charge in [0, 0.05) is 47.5 Å². The molecule has 0 atom stereocenters. The summed E-state index contributed by atoms with van der Waals surface area (Å²) < 4.78 is 31.7. The van der Waals surface area contributed by atoms with Crippen LogP contribution < -0.4 is 4.90 Å². The first-order valence-corrected chi connectivity index (χ1v) is 19.8. The van der Waals surface area contributed by atoms with Crippen LogP contribution in [0.5, 0.6) is 0 Å². The third-order valence-electron chi connectivity index (χ3n) is 10.8. The van der Waals surface area contributed by atoms with E-state index in [9.17, 15) is 8.42 Å². The molecule has 0 saturated heterocycles. The highest BCUT2D eigenvalue weighted by atomic mass is 32.2. The van der Waals surface area contributed by atoms with E-state index >= 15 is 0 Å². The van der Waals surface area contributed by atoms with Gasteiger partial charge in [-0.25, -0.2) is 8.42 Å². The zero-order chi connectivity index (χ0) is 34.8. The van der Waals surface area contributed by atoms with Crippen LogP contribution in [0.25, 0.3) is 0 Å². The molecular formula is C44H53N2O2S+. The lowest BCUT2D eigenvalue weighted by molar-refractivity contribution is -0.438. The second-order valence-electron chi connectivity index (χ2n) is 14.8. The van der Waals surface area contributed by atoms with Crippen LogP contribution in [0.3, 0.4) is 0 Å². The second kappa shape index (κ2) is 14.1. The van der Waals surface area contributed by atoms with E-state index in [4.69, 9.17) is 0 Å². The van der Waals surface area contributed by atoms with E-state index in [2.05, 4.69) is 124 Å². The quantitative estimate of drug-likeness (QED) is 0.190. The SMILES string of the molecule is CCCCN1/C(=C/C=C2\CCCC(/C=C/C3=[N+](CCCC)c4ccccc4C3(C)C)=C2S(=O)(=O)c2ccccc2)C(C)(C)c2ccccc21. The molecular weight excluding hydrogens is 621 g/mol. The Kier molecular flexibility index (Phi) is 10.0. The van der Waals surface area contributed by atoms with Crippen LogP contribution in [0.15, 0.2) is 130 Å². The maximum absolute atomic E-state index is 14.6. The predicted molar refractivity (Wildman–Crippen MR) is 206 cm³/mol. The second-order valence-corrected chi connectivity index (χ2v) is 16.7. The first-order chi connectivity index (χ1) is 23.5. The highest BCUT2D eigenvalue weighted by Crippen LogP contribution is 2.48. The van der Waals surface area contributed by atoms with Crippen molar-refractivity contribution in [3.63, 3.8) is 0 Å². The monoisotopic (exact) mass is 673 g/mol. The van der Waals surface area contributed by atoms with Gasteiger partial charge in [0.1, 0.15) is 6.54 Å². The van der Waals surface area contributed by atoms with Gasteiger partial charge in [-0.3, -0.25) is 0 Å². The molecule has 0 bridgehead atoms. The average Bonchev–Trinajstić information content (AvgIpc) is 3.46. The van der Waals surface area contributed by atoms with Crippen molar-refractivity contribution >= 4 is 26.9 Å². The maximum Gasteiger partial charge on any atom is 0.209 e. The van der Waals surface area contributed by atoms with Crippen LogP contribution >= 0.6 is 0 Å². The fraction of sp³-hybridized carbons (Fsp3) is 0.386. The first kappa shape index (κ1) is 34.9. The molecule has 4 nitrogen and oxygen atoms in total. The summed E-state index contributed by atoms with van der Waals surface area (Å²) in [7, 11) is -3.78. The van der Waals surface area contributed by atoms with Crippen molar-refractivity contribution in [2.75, 3.05) is 18.0 Å².